The Balaban J connectivity index is 1.34. The first kappa shape index (κ1) is 31.6. The molecule has 0 bridgehead atoms. The molecule has 2 heterocycles. The summed E-state index contributed by atoms with van der Waals surface area (Å²) < 4.78 is 67.0. The highest BCUT2D eigenvalue weighted by Crippen LogP contribution is 2.43. The summed E-state index contributed by atoms with van der Waals surface area (Å²) in [5.41, 5.74) is 6.36. The molecule has 0 radical (unpaired) electrons. The minimum absolute atomic E-state index is 0.0114. The third kappa shape index (κ3) is 7.18. The largest absolute Gasteiger partial charge is 0.465 e. The van der Waals surface area contributed by atoms with Crippen molar-refractivity contribution in [2.24, 2.45) is 0 Å². The maximum Gasteiger partial charge on any atom is 0.266 e. The zero-order valence-corrected chi connectivity index (χ0v) is 26.8. The van der Waals surface area contributed by atoms with E-state index in [1.807, 2.05) is 126 Å². The van der Waals surface area contributed by atoms with Crippen LogP contribution in [0.4, 0.5) is 11.4 Å². The van der Waals surface area contributed by atoms with Crippen molar-refractivity contribution < 1.29 is 31.2 Å². The highest BCUT2D eigenvalue weighted by Gasteiger charge is 2.32. The van der Waals surface area contributed by atoms with Crippen LogP contribution in [0.2, 0.25) is 0 Å². The van der Waals surface area contributed by atoms with Crippen LogP contribution in [0.15, 0.2) is 121 Å². The maximum atomic E-state index is 11.8. The van der Waals surface area contributed by atoms with Gasteiger partial charge in [0.15, 0.2) is 23.1 Å². The molecule has 9 nitrogen and oxygen atoms in total. The molecule has 6 rings (SSSR count). The number of nitrogens with zero attached hydrogens (tertiary/aromatic N) is 2. The Morgan fingerprint density at radius 3 is 2.04 bits per heavy atom. The van der Waals surface area contributed by atoms with E-state index in [1.54, 1.807) is 0 Å². The standard InChI is InChI=1S/C35H34N2O7S2/c1-2-25(21-34-36(17-19-45(38)39)30-23-28(13-15-32(30)43-34)26-9-5-3-6-10-26)22-35-37(18-20-46(40,41)42)31-24-29(14-16-33(31)44-35)27-11-7-4-8-12-27/h3-16,21-24,35H,2,17-20H2,1H3,(H,38,39)(H,40,41,42). The minimum atomic E-state index is -4.23. The summed E-state index contributed by atoms with van der Waals surface area (Å²) in [6, 6.07) is 31.5. The van der Waals surface area contributed by atoms with Gasteiger partial charge in [-0.25, -0.2) is 4.21 Å². The van der Waals surface area contributed by atoms with Gasteiger partial charge in [0.2, 0.25) is 5.88 Å². The molecule has 2 unspecified atom stereocenters. The van der Waals surface area contributed by atoms with Crippen molar-refractivity contribution in [2.45, 2.75) is 19.6 Å². The van der Waals surface area contributed by atoms with Gasteiger partial charge >= 0.3 is 0 Å². The summed E-state index contributed by atoms with van der Waals surface area (Å²) in [6.07, 6.45) is 3.73. The van der Waals surface area contributed by atoms with E-state index in [9.17, 15) is 21.7 Å². The van der Waals surface area contributed by atoms with E-state index < -0.39 is 33.2 Å². The fourth-order valence-corrected chi connectivity index (χ4v) is 6.36. The second-order valence-corrected chi connectivity index (χ2v) is 13.6. The summed E-state index contributed by atoms with van der Waals surface area (Å²) in [5, 5.41) is 0. The topological polar surface area (TPSA) is 117 Å². The zero-order chi connectivity index (χ0) is 32.3. The molecular formula is C35H34N2O7S2. The fraction of sp³-hybridized carbons (Fsp3) is 0.200. The van der Waals surface area contributed by atoms with Gasteiger partial charge in [-0.05, 0) is 64.6 Å². The molecule has 0 amide bonds. The molecule has 46 heavy (non-hydrogen) atoms. The summed E-state index contributed by atoms with van der Waals surface area (Å²) in [4.78, 5) is 3.72. The number of anilines is 2. The van der Waals surface area contributed by atoms with Crippen molar-refractivity contribution in [2.75, 3.05) is 34.4 Å². The van der Waals surface area contributed by atoms with Crippen molar-refractivity contribution in [1.29, 1.82) is 0 Å². The summed E-state index contributed by atoms with van der Waals surface area (Å²) >= 11 is -2.00. The van der Waals surface area contributed by atoms with Crippen LogP contribution < -0.4 is 19.3 Å². The number of hydrogen-bond acceptors (Lipinski definition) is 7. The second-order valence-electron chi connectivity index (χ2n) is 10.9. The number of fused-ring (bicyclic) bond motifs is 2. The van der Waals surface area contributed by atoms with Gasteiger partial charge in [-0.15, -0.1) is 0 Å². The average molecular weight is 659 g/mol. The van der Waals surface area contributed by atoms with Gasteiger partial charge in [0.1, 0.15) is 5.75 Å². The van der Waals surface area contributed by atoms with Gasteiger partial charge in [0.25, 0.3) is 10.1 Å². The molecule has 2 aliphatic heterocycles. The van der Waals surface area contributed by atoms with Crippen molar-refractivity contribution in [3.63, 3.8) is 0 Å². The first-order chi connectivity index (χ1) is 22.2. The van der Waals surface area contributed by atoms with Crippen LogP contribution in [-0.4, -0.2) is 52.6 Å². The van der Waals surface area contributed by atoms with Crippen molar-refractivity contribution in [3.05, 3.63) is 121 Å². The van der Waals surface area contributed by atoms with Gasteiger partial charge in [0, 0.05) is 19.2 Å². The van der Waals surface area contributed by atoms with Gasteiger partial charge < -0.3 is 23.8 Å². The molecule has 4 aromatic carbocycles. The SMILES string of the molecule is CCC(=CC1Oc2ccc(-c3ccccc3)cc2N1CCS(=O)(=O)O)C=C1Oc2ccc(-c3ccccc3)cc2N1CCS(=O)O. The molecule has 11 heteroatoms. The first-order valence-electron chi connectivity index (χ1n) is 14.9. The first-order valence-corrected chi connectivity index (χ1v) is 17.8. The Hall–Kier alpha value is -4.42. The van der Waals surface area contributed by atoms with Crippen molar-refractivity contribution >= 4 is 32.6 Å². The Morgan fingerprint density at radius 1 is 0.848 bits per heavy atom. The van der Waals surface area contributed by atoms with Crippen LogP contribution in [0.1, 0.15) is 13.3 Å². The molecule has 4 aromatic rings. The molecule has 0 saturated carbocycles. The molecule has 2 atom stereocenters. The average Bonchev–Trinajstić information content (AvgIpc) is 3.58. The fourth-order valence-electron chi connectivity index (χ4n) is 5.60. The smallest absolute Gasteiger partial charge is 0.266 e. The van der Waals surface area contributed by atoms with Gasteiger partial charge in [0.05, 0.1) is 22.9 Å². The normalized spacial score (nSPS) is 17.4. The van der Waals surface area contributed by atoms with Crippen LogP contribution >= 0.6 is 0 Å². The molecule has 0 aliphatic carbocycles. The number of hydrogen-bond donors (Lipinski definition) is 2. The predicted molar refractivity (Wildman–Crippen MR) is 182 cm³/mol. The summed E-state index contributed by atoms with van der Waals surface area (Å²) in [5.74, 6) is 1.30. The Bertz CT molecular complexity index is 1910. The van der Waals surface area contributed by atoms with Crippen LogP contribution in [-0.2, 0) is 21.2 Å². The van der Waals surface area contributed by atoms with Gasteiger partial charge in [-0.1, -0.05) is 79.7 Å². The predicted octanol–water partition coefficient (Wildman–Crippen LogP) is 6.73. The van der Waals surface area contributed by atoms with Crippen LogP contribution in [0.25, 0.3) is 22.3 Å². The number of ether oxygens (including phenoxy) is 2. The lowest BCUT2D eigenvalue weighted by molar-refractivity contribution is 0.273. The molecule has 0 aromatic heterocycles. The molecule has 0 fully saturated rings. The van der Waals surface area contributed by atoms with E-state index in [0.717, 1.165) is 39.2 Å². The number of allylic oxidation sites excluding steroid dienone is 2. The third-order valence-corrected chi connectivity index (χ3v) is 9.15. The Kier molecular flexibility index (Phi) is 9.27. The quantitative estimate of drug-likeness (QED) is 0.134. The van der Waals surface area contributed by atoms with E-state index in [0.29, 0.717) is 23.8 Å². The summed E-state index contributed by atoms with van der Waals surface area (Å²) in [6.45, 7) is 2.26. The van der Waals surface area contributed by atoms with E-state index in [2.05, 4.69) is 0 Å². The lowest BCUT2D eigenvalue weighted by atomic mass is 10.0. The number of rotatable bonds is 11. The molecule has 0 spiro atoms. The van der Waals surface area contributed by atoms with Crippen LogP contribution in [0.3, 0.4) is 0 Å². The maximum absolute atomic E-state index is 11.8. The van der Waals surface area contributed by atoms with Gasteiger partial charge in [-0.2, -0.15) is 8.42 Å². The van der Waals surface area contributed by atoms with Crippen molar-refractivity contribution in [3.8, 4) is 33.8 Å². The van der Waals surface area contributed by atoms with Crippen molar-refractivity contribution in [1.82, 2.24) is 0 Å². The Labute approximate surface area is 271 Å². The van der Waals surface area contributed by atoms with E-state index in [4.69, 9.17) is 9.47 Å². The van der Waals surface area contributed by atoms with Crippen LogP contribution in [0, 0.1) is 0 Å². The van der Waals surface area contributed by atoms with Crippen LogP contribution in [0.5, 0.6) is 11.5 Å². The Morgan fingerprint density at radius 2 is 1.46 bits per heavy atom. The van der Waals surface area contributed by atoms with Gasteiger partial charge in [-0.3, -0.25) is 4.55 Å². The van der Waals surface area contributed by atoms with E-state index in [1.165, 1.54) is 0 Å². The third-order valence-electron chi connectivity index (χ3n) is 7.92. The molecule has 2 aliphatic rings. The highest BCUT2D eigenvalue weighted by atomic mass is 32.2. The van der Waals surface area contributed by atoms with E-state index in [-0.39, 0.29) is 18.8 Å². The monoisotopic (exact) mass is 658 g/mol. The number of benzene rings is 4. The molecule has 2 N–H and O–H groups in total. The zero-order valence-electron chi connectivity index (χ0n) is 25.2. The minimum Gasteiger partial charge on any atom is -0.465 e. The lowest BCUT2D eigenvalue weighted by Gasteiger charge is -2.23. The second kappa shape index (κ2) is 13.5. The molecular weight excluding hydrogens is 625 g/mol. The molecule has 0 saturated heterocycles. The lowest BCUT2D eigenvalue weighted by Crippen LogP contribution is -2.37. The molecule has 238 valence electrons. The summed E-state index contributed by atoms with van der Waals surface area (Å²) in [7, 11) is -4.23. The van der Waals surface area contributed by atoms with E-state index >= 15 is 0 Å². The highest BCUT2D eigenvalue weighted by molar-refractivity contribution is 7.85.